The van der Waals surface area contributed by atoms with Crippen LogP contribution in [0.1, 0.15) is 28.4 Å². The molecule has 1 fully saturated rings. The van der Waals surface area contributed by atoms with E-state index in [1.165, 1.54) is 0 Å². The summed E-state index contributed by atoms with van der Waals surface area (Å²) in [6.07, 6.45) is -0.973. The van der Waals surface area contributed by atoms with Gasteiger partial charge in [-0.1, -0.05) is 48.5 Å². The molecular formula is C20H17N3O5. The molecule has 2 N–H and O–H groups in total. The van der Waals surface area contributed by atoms with Crippen molar-refractivity contribution < 1.29 is 23.9 Å². The summed E-state index contributed by atoms with van der Waals surface area (Å²) >= 11 is 0. The molecule has 4 rings (SSSR count). The topological polar surface area (TPSA) is 105 Å². The van der Waals surface area contributed by atoms with E-state index in [4.69, 9.17) is 4.74 Å². The summed E-state index contributed by atoms with van der Waals surface area (Å²) in [7, 11) is 0. The number of esters is 1. The monoisotopic (exact) mass is 379 g/mol. The van der Waals surface area contributed by atoms with Gasteiger partial charge in [0.1, 0.15) is 5.54 Å². The smallest absolute Gasteiger partial charge is 0.344 e. The summed E-state index contributed by atoms with van der Waals surface area (Å²) in [5.41, 5.74) is 2.63. The van der Waals surface area contributed by atoms with Crippen LogP contribution >= 0.6 is 0 Å². The Labute approximate surface area is 160 Å². The van der Waals surface area contributed by atoms with Crippen LogP contribution in [-0.2, 0) is 26.3 Å². The fraction of sp³-hybridized carbons (Fsp3) is 0.200. The van der Waals surface area contributed by atoms with E-state index in [1.807, 2.05) is 0 Å². The number of hydrogen-bond donors (Lipinski definition) is 2. The maximum atomic E-state index is 12.8. The van der Waals surface area contributed by atoms with Gasteiger partial charge in [-0.15, -0.1) is 0 Å². The third-order valence-corrected chi connectivity index (χ3v) is 4.95. The number of imide groups is 1. The third kappa shape index (κ3) is 2.79. The molecule has 0 saturated carbocycles. The highest BCUT2D eigenvalue weighted by atomic mass is 16.5. The molecule has 142 valence electrons. The molecule has 2 aliphatic rings. The molecule has 2 aromatic carbocycles. The molecule has 0 radical (unpaired) electrons. The quantitative estimate of drug-likeness (QED) is 0.617. The van der Waals surface area contributed by atoms with Crippen molar-refractivity contribution in [3.63, 3.8) is 0 Å². The molecule has 8 nitrogen and oxygen atoms in total. The second kappa shape index (κ2) is 6.49. The number of cyclic esters (lactones) is 1. The molecular weight excluding hydrogens is 362 g/mol. The van der Waals surface area contributed by atoms with Crippen LogP contribution in [-0.4, -0.2) is 34.9 Å². The Hall–Kier alpha value is -3.68. The van der Waals surface area contributed by atoms with E-state index in [1.54, 1.807) is 61.5 Å². The lowest BCUT2D eigenvalue weighted by Crippen LogP contribution is -2.52. The third-order valence-electron chi connectivity index (χ3n) is 4.95. The van der Waals surface area contributed by atoms with Crippen LogP contribution in [0.3, 0.4) is 0 Å². The van der Waals surface area contributed by atoms with E-state index in [2.05, 4.69) is 10.7 Å². The molecule has 0 aliphatic carbocycles. The van der Waals surface area contributed by atoms with Crippen molar-refractivity contribution in [2.24, 2.45) is 0 Å². The van der Waals surface area contributed by atoms with Crippen LogP contribution in [0.5, 0.6) is 0 Å². The molecule has 2 aliphatic heterocycles. The predicted octanol–water partition coefficient (Wildman–Crippen LogP) is 1.27. The fourth-order valence-corrected chi connectivity index (χ4v) is 3.37. The van der Waals surface area contributed by atoms with Crippen molar-refractivity contribution in [1.29, 1.82) is 0 Å². The Morgan fingerprint density at radius 3 is 2.54 bits per heavy atom. The number of amides is 4. The second-order valence-electron chi connectivity index (χ2n) is 6.79. The number of carbonyl (C=O) groups excluding carboxylic acids is 4. The minimum atomic E-state index is -1.30. The summed E-state index contributed by atoms with van der Waals surface area (Å²) in [4.78, 5) is 49.8. The highest BCUT2D eigenvalue weighted by Crippen LogP contribution is 2.28. The zero-order valence-corrected chi connectivity index (χ0v) is 15.0. The highest BCUT2D eigenvalue weighted by Gasteiger charge is 2.50. The molecule has 0 bridgehead atoms. The SMILES string of the molecule is C[C@]1(c2ccccc2)NC(=O)N(NC(=O)[C@@H]2Cc3ccccc3C(=O)O2)C1=O. The van der Waals surface area contributed by atoms with Crippen molar-refractivity contribution in [1.82, 2.24) is 15.8 Å². The minimum absolute atomic E-state index is 0.160. The van der Waals surface area contributed by atoms with Crippen LogP contribution in [0.25, 0.3) is 0 Å². The Bertz CT molecular complexity index is 990. The number of hydrogen-bond acceptors (Lipinski definition) is 5. The predicted molar refractivity (Wildman–Crippen MR) is 96.7 cm³/mol. The Balaban J connectivity index is 1.52. The first-order chi connectivity index (χ1) is 13.4. The average molecular weight is 379 g/mol. The standard InChI is InChI=1S/C20H17N3O5/c1-20(13-8-3-2-4-9-13)18(26)23(19(27)21-20)22-16(24)15-11-12-7-5-6-10-14(12)17(25)28-15/h2-10,15H,11H2,1H3,(H,21,27)(H,22,24)/t15-,20+/m0/s1. The number of fused-ring (bicyclic) bond motifs is 1. The second-order valence-corrected chi connectivity index (χ2v) is 6.79. The number of urea groups is 1. The fourth-order valence-electron chi connectivity index (χ4n) is 3.37. The minimum Gasteiger partial charge on any atom is -0.448 e. The van der Waals surface area contributed by atoms with Gasteiger partial charge < -0.3 is 10.1 Å². The van der Waals surface area contributed by atoms with Gasteiger partial charge in [-0.3, -0.25) is 15.0 Å². The van der Waals surface area contributed by atoms with Gasteiger partial charge in [0.15, 0.2) is 6.10 Å². The van der Waals surface area contributed by atoms with E-state index in [-0.39, 0.29) is 6.42 Å². The molecule has 1 saturated heterocycles. The summed E-state index contributed by atoms with van der Waals surface area (Å²) in [5.74, 6) is -1.99. The average Bonchev–Trinajstić information content (AvgIpc) is 2.92. The van der Waals surface area contributed by atoms with E-state index in [0.717, 1.165) is 0 Å². The van der Waals surface area contributed by atoms with Gasteiger partial charge >= 0.3 is 12.0 Å². The van der Waals surface area contributed by atoms with Crippen molar-refractivity contribution in [3.8, 4) is 0 Å². The van der Waals surface area contributed by atoms with Gasteiger partial charge in [0, 0.05) is 6.42 Å². The van der Waals surface area contributed by atoms with Crippen molar-refractivity contribution in [2.75, 3.05) is 0 Å². The maximum Gasteiger partial charge on any atom is 0.344 e. The summed E-state index contributed by atoms with van der Waals surface area (Å²) < 4.78 is 5.17. The summed E-state index contributed by atoms with van der Waals surface area (Å²) in [5, 5.41) is 3.22. The first-order valence-electron chi connectivity index (χ1n) is 8.72. The van der Waals surface area contributed by atoms with E-state index in [9.17, 15) is 19.2 Å². The molecule has 2 aromatic rings. The van der Waals surface area contributed by atoms with Gasteiger partial charge in [-0.2, -0.15) is 5.01 Å². The molecule has 0 spiro atoms. The van der Waals surface area contributed by atoms with E-state index < -0.39 is 35.5 Å². The number of nitrogens with zero attached hydrogens (tertiary/aromatic N) is 1. The molecule has 4 amide bonds. The van der Waals surface area contributed by atoms with Crippen LogP contribution < -0.4 is 10.7 Å². The van der Waals surface area contributed by atoms with Crippen molar-refractivity contribution >= 4 is 23.8 Å². The van der Waals surface area contributed by atoms with Crippen molar-refractivity contribution in [2.45, 2.75) is 25.0 Å². The molecule has 28 heavy (non-hydrogen) atoms. The number of benzene rings is 2. The van der Waals surface area contributed by atoms with E-state index >= 15 is 0 Å². The zero-order valence-electron chi connectivity index (χ0n) is 15.0. The highest BCUT2D eigenvalue weighted by molar-refractivity contribution is 6.08. The normalized spacial score (nSPS) is 23.7. The largest absolute Gasteiger partial charge is 0.448 e. The van der Waals surface area contributed by atoms with Crippen LogP contribution in [0.2, 0.25) is 0 Å². The van der Waals surface area contributed by atoms with Gasteiger partial charge in [0.05, 0.1) is 5.56 Å². The van der Waals surface area contributed by atoms with Gasteiger partial charge in [-0.25, -0.2) is 9.59 Å². The summed E-state index contributed by atoms with van der Waals surface area (Å²) in [6, 6.07) is 14.8. The Morgan fingerprint density at radius 2 is 1.79 bits per heavy atom. The Kier molecular flexibility index (Phi) is 4.11. The summed E-state index contributed by atoms with van der Waals surface area (Å²) in [6.45, 7) is 1.56. The van der Waals surface area contributed by atoms with Crippen LogP contribution in [0.15, 0.2) is 54.6 Å². The first kappa shape index (κ1) is 17.7. The molecule has 2 atom stereocenters. The first-order valence-corrected chi connectivity index (χ1v) is 8.72. The van der Waals surface area contributed by atoms with Crippen molar-refractivity contribution in [3.05, 3.63) is 71.3 Å². The Morgan fingerprint density at radius 1 is 1.11 bits per heavy atom. The van der Waals surface area contributed by atoms with Gasteiger partial charge in [-0.05, 0) is 24.1 Å². The number of rotatable bonds is 3. The number of hydrazine groups is 1. The molecule has 0 aromatic heterocycles. The molecule has 0 unspecified atom stereocenters. The zero-order chi connectivity index (χ0) is 19.9. The molecule has 8 heteroatoms. The van der Waals surface area contributed by atoms with Crippen LogP contribution in [0, 0.1) is 0 Å². The van der Waals surface area contributed by atoms with Gasteiger partial charge in [0.25, 0.3) is 11.8 Å². The number of ether oxygens (including phenoxy) is 1. The molecule has 2 heterocycles. The lowest BCUT2D eigenvalue weighted by Gasteiger charge is -2.26. The number of carbonyl (C=O) groups is 4. The number of nitrogens with one attached hydrogen (secondary N) is 2. The van der Waals surface area contributed by atoms with E-state index in [0.29, 0.717) is 21.7 Å². The maximum absolute atomic E-state index is 12.8. The van der Waals surface area contributed by atoms with Crippen LogP contribution in [0.4, 0.5) is 4.79 Å². The lowest BCUT2D eigenvalue weighted by molar-refractivity contribution is -0.142. The van der Waals surface area contributed by atoms with Gasteiger partial charge in [0.2, 0.25) is 0 Å². The lowest BCUT2D eigenvalue weighted by atomic mass is 9.92.